The fraction of sp³-hybridized carbons (Fsp3) is 0.350. The van der Waals surface area contributed by atoms with Gasteiger partial charge >= 0.3 is 0 Å². The molecule has 1 heterocycles. The van der Waals surface area contributed by atoms with Crippen molar-refractivity contribution in [2.45, 2.75) is 38.1 Å². The zero-order valence-electron chi connectivity index (χ0n) is 15.8. The van der Waals surface area contributed by atoms with Crippen LogP contribution >= 0.6 is 0 Å². The number of hydrogen-bond donors (Lipinski definition) is 1. The van der Waals surface area contributed by atoms with E-state index < -0.39 is 10.0 Å². The van der Waals surface area contributed by atoms with Gasteiger partial charge in [-0.2, -0.15) is 0 Å². The number of fused-ring (bicyclic) bond motifs is 1. The number of ether oxygens (including phenoxy) is 1. The molecule has 0 atom stereocenters. The lowest BCUT2D eigenvalue weighted by atomic mass is 10.3. The first-order valence-corrected chi connectivity index (χ1v) is 10.6. The predicted octanol–water partition coefficient (Wildman–Crippen LogP) is 3.54. The Morgan fingerprint density at radius 2 is 1.81 bits per heavy atom. The minimum absolute atomic E-state index is 0.225. The third kappa shape index (κ3) is 4.31. The second kappa shape index (κ2) is 8.10. The van der Waals surface area contributed by atoms with Gasteiger partial charge in [0.25, 0.3) is 0 Å². The summed E-state index contributed by atoms with van der Waals surface area (Å²) in [5.41, 5.74) is 1.99. The summed E-state index contributed by atoms with van der Waals surface area (Å²) in [7, 11) is -3.57. The summed E-state index contributed by atoms with van der Waals surface area (Å²) in [6.07, 6.45) is 0.517. The molecule has 0 bridgehead atoms. The van der Waals surface area contributed by atoms with Crippen LogP contribution < -0.4 is 9.46 Å². The van der Waals surface area contributed by atoms with Crippen LogP contribution in [0, 0.1) is 0 Å². The Balaban J connectivity index is 1.72. The van der Waals surface area contributed by atoms with E-state index in [0.29, 0.717) is 18.8 Å². The monoisotopic (exact) mass is 387 g/mol. The van der Waals surface area contributed by atoms with Crippen LogP contribution in [-0.2, 0) is 16.4 Å². The molecule has 0 amide bonds. The predicted molar refractivity (Wildman–Crippen MR) is 107 cm³/mol. The van der Waals surface area contributed by atoms with Gasteiger partial charge in [-0.05, 0) is 57.2 Å². The smallest absolute Gasteiger partial charge is 0.240 e. The van der Waals surface area contributed by atoms with Gasteiger partial charge in [-0.3, -0.25) is 0 Å². The Kier molecular flexibility index (Phi) is 5.82. The van der Waals surface area contributed by atoms with Crippen molar-refractivity contribution in [3.05, 3.63) is 54.4 Å². The van der Waals surface area contributed by atoms with Crippen molar-refractivity contribution in [1.82, 2.24) is 14.3 Å². The molecule has 0 radical (unpaired) electrons. The quantitative estimate of drug-likeness (QED) is 0.642. The molecule has 0 fully saturated rings. The van der Waals surface area contributed by atoms with E-state index in [0.717, 1.165) is 16.9 Å². The summed E-state index contributed by atoms with van der Waals surface area (Å²) in [5, 5.41) is 0. The molecular weight excluding hydrogens is 362 g/mol. The van der Waals surface area contributed by atoms with E-state index in [4.69, 9.17) is 4.74 Å². The molecule has 0 aliphatic carbocycles. The number of hydrogen-bond acceptors (Lipinski definition) is 4. The Hall–Kier alpha value is -2.38. The number of nitrogens with zero attached hydrogens (tertiary/aromatic N) is 2. The average Bonchev–Trinajstić information content (AvgIpc) is 3.00. The van der Waals surface area contributed by atoms with E-state index >= 15 is 0 Å². The number of imidazole rings is 1. The zero-order valence-corrected chi connectivity index (χ0v) is 16.7. The van der Waals surface area contributed by atoms with Gasteiger partial charge in [0.1, 0.15) is 11.6 Å². The summed E-state index contributed by atoms with van der Waals surface area (Å²) in [5.74, 6) is 1.53. The van der Waals surface area contributed by atoms with Gasteiger partial charge in [0.2, 0.25) is 10.0 Å². The van der Waals surface area contributed by atoms with Crippen molar-refractivity contribution in [1.29, 1.82) is 0 Å². The number of nitrogens with one attached hydrogen (secondary N) is 1. The van der Waals surface area contributed by atoms with Crippen LogP contribution in [0.25, 0.3) is 11.0 Å². The summed E-state index contributed by atoms with van der Waals surface area (Å²) in [4.78, 5) is 4.90. The van der Waals surface area contributed by atoms with Crippen molar-refractivity contribution >= 4 is 21.1 Å². The minimum Gasteiger partial charge on any atom is -0.494 e. The number of benzene rings is 2. The van der Waals surface area contributed by atoms with Crippen molar-refractivity contribution in [3.63, 3.8) is 0 Å². The Labute approximate surface area is 160 Å². The van der Waals surface area contributed by atoms with Crippen molar-refractivity contribution in [2.24, 2.45) is 0 Å². The normalized spacial score (nSPS) is 12.0. The van der Waals surface area contributed by atoms with Gasteiger partial charge in [-0.1, -0.05) is 12.1 Å². The van der Waals surface area contributed by atoms with Gasteiger partial charge in [-0.15, -0.1) is 0 Å². The average molecular weight is 388 g/mol. The fourth-order valence-corrected chi connectivity index (χ4v) is 4.14. The van der Waals surface area contributed by atoms with Crippen LogP contribution in [0.2, 0.25) is 0 Å². The molecule has 3 aromatic rings. The number of para-hydroxylation sites is 2. The first kappa shape index (κ1) is 19.4. The van der Waals surface area contributed by atoms with E-state index in [-0.39, 0.29) is 17.5 Å². The first-order valence-electron chi connectivity index (χ1n) is 9.10. The summed E-state index contributed by atoms with van der Waals surface area (Å²) < 4.78 is 35.2. The third-order valence-corrected chi connectivity index (χ3v) is 5.75. The highest BCUT2D eigenvalue weighted by Crippen LogP contribution is 2.21. The Morgan fingerprint density at radius 1 is 1.11 bits per heavy atom. The molecule has 6 nitrogen and oxygen atoms in total. The molecule has 0 aliphatic rings. The van der Waals surface area contributed by atoms with Crippen molar-refractivity contribution in [2.75, 3.05) is 13.2 Å². The standard InChI is InChI=1S/C20H25N3O3S/c1-4-26-16-9-11-17(12-10-16)27(24,25)21-14-13-20-22-18-7-5-6-8-19(18)23(20)15(2)3/h5-12,15,21H,4,13-14H2,1-3H3. The Bertz CT molecular complexity index is 1010. The number of aromatic nitrogens is 2. The summed E-state index contributed by atoms with van der Waals surface area (Å²) >= 11 is 0. The largest absolute Gasteiger partial charge is 0.494 e. The van der Waals surface area contributed by atoms with Crippen LogP contribution in [-0.4, -0.2) is 31.1 Å². The van der Waals surface area contributed by atoms with Crippen LogP contribution in [0.5, 0.6) is 5.75 Å². The summed E-state index contributed by atoms with van der Waals surface area (Å²) in [6, 6.07) is 14.6. The van der Waals surface area contributed by atoms with Crippen molar-refractivity contribution < 1.29 is 13.2 Å². The lowest BCUT2D eigenvalue weighted by Crippen LogP contribution is -2.26. The second-order valence-corrected chi connectivity index (χ2v) is 8.30. The summed E-state index contributed by atoms with van der Waals surface area (Å²) in [6.45, 7) is 6.91. The molecule has 2 aromatic carbocycles. The highest BCUT2D eigenvalue weighted by molar-refractivity contribution is 7.89. The molecule has 0 saturated carbocycles. The number of sulfonamides is 1. The van der Waals surface area contributed by atoms with Gasteiger partial charge in [0.05, 0.1) is 22.5 Å². The number of rotatable bonds is 8. The van der Waals surface area contributed by atoms with Crippen LogP contribution in [0.1, 0.15) is 32.6 Å². The maximum absolute atomic E-state index is 12.5. The molecule has 1 N–H and O–H groups in total. The maximum Gasteiger partial charge on any atom is 0.240 e. The van der Waals surface area contributed by atoms with Gasteiger partial charge in [0.15, 0.2) is 0 Å². The molecule has 0 aliphatic heterocycles. The molecule has 0 spiro atoms. The molecule has 0 unspecified atom stereocenters. The zero-order chi connectivity index (χ0) is 19.4. The van der Waals surface area contributed by atoms with Crippen LogP contribution in [0.4, 0.5) is 0 Å². The van der Waals surface area contributed by atoms with E-state index in [1.165, 1.54) is 0 Å². The maximum atomic E-state index is 12.5. The van der Waals surface area contributed by atoms with E-state index in [1.807, 2.05) is 31.2 Å². The molecule has 1 aromatic heterocycles. The van der Waals surface area contributed by atoms with Crippen LogP contribution in [0.15, 0.2) is 53.4 Å². The third-order valence-electron chi connectivity index (χ3n) is 4.27. The van der Waals surface area contributed by atoms with Crippen LogP contribution in [0.3, 0.4) is 0 Å². The Morgan fingerprint density at radius 3 is 2.48 bits per heavy atom. The van der Waals surface area contributed by atoms with Gasteiger partial charge in [0, 0.05) is 19.0 Å². The molecule has 3 rings (SSSR count). The molecule has 144 valence electrons. The SMILES string of the molecule is CCOc1ccc(S(=O)(=O)NCCc2nc3ccccc3n2C(C)C)cc1. The molecule has 0 saturated heterocycles. The highest BCUT2D eigenvalue weighted by atomic mass is 32.2. The molecule has 7 heteroatoms. The lowest BCUT2D eigenvalue weighted by Gasteiger charge is -2.13. The fourth-order valence-electron chi connectivity index (χ4n) is 3.11. The second-order valence-electron chi connectivity index (χ2n) is 6.53. The van der Waals surface area contributed by atoms with Gasteiger partial charge in [-0.25, -0.2) is 18.1 Å². The van der Waals surface area contributed by atoms with E-state index in [2.05, 4.69) is 28.1 Å². The van der Waals surface area contributed by atoms with E-state index in [1.54, 1.807) is 24.3 Å². The lowest BCUT2D eigenvalue weighted by molar-refractivity contribution is 0.340. The van der Waals surface area contributed by atoms with E-state index in [9.17, 15) is 8.42 Å². The molecular formula is C20H25N3O3S. The minimum atomic E-state index is -3.57. The highest BCUT2D eigenvalue weighted by Gasteiger charge is 2.16. The van der Waals surface area contributed by atoms with Gasteiger partial charge < -0.3 is 9.30 Å². The first-order chi connectivity index (χ1) is 12.9. The topological polar surface area (TPSA) is 73.2 Å². The van der Waals surface area contributed by atoms with Crippen molar-refractivity contribution in [3.8, 4) is 5.75 Å². The molecule has 27 heavy (non-hydrogen) atoms.